The van der Waals surface area contributed by atoms with Crippen molar-refractivity contribution in [2.24, 2.45) is 0 Å². The van der Waals surface area contributed by atoms with Gasteiger partial charge >= 0.3 is 11.9 Å². The molecule has 0 aliphatic rings. The van der Waals surface area contributed by atoms with Gasteiger partial charge < -0.3 is 15.2 Å². The van der Waals surface area contributed by atoms with Crippen molar-refractivity contribution < 1.29 is 24.2 Å². The van der Waals surface area contributed by atoms with Crippen LogP contribution in [0.2, 0.25) is 0 Å². The third-order valence-electron chi connectivity index (χ3n) is 3.75. The second-order valence-electron chi connectivity index (χ2n) is 5.65. The first-order valence-corrected chi connectivity index (χ1v) is 8.15. The molecule has 2 N–H and O–H groups in total. The lowest BCUT2D eigenvalue weighted by atomic mass is 10.0. The molecule has 0 aromatic heterocycles. The van der Waals surface area contributed by atoms with E-state index in [2.05, 4.69) is 5.32 Å². The Bertz CT molecular complexity index is 771. The van der Waals surface area contributed by atoms with Gasteiger partial charge in [-0.05, 0) is 23.3 Å². The second kappa shape index (κ2) is 8.82. The van der Waals surface area contributed by atoms with Crippen LogP contribution >= 0.6 is 0 Å². The highest BCUT2D eigenvalue weighted by molar-refractivity contribution is 5.86. The van der Waals surface area contributed by atoms with Crippen molar-refractivity contribution in [3.8, 4) is 0 Å². The van der Waals surface area contributed by atoms with Gasteiger partial charge in [-0.3, -0.25) is 9.59 Å². The molecule has 1 amide bonds. The topological polar surface area (TPSA) is 92.7 Å². The third kappa shape index (κ3) is 5.60. The van der Waals surface area contributed by atoms with E-state index in [1.54, 1.807) is 6.92 Å². The number of esters is 1. The van der Waals surface area contributed by atoms with Gasteiger partial charge in [-0.2, -0.15) is 0 Å². The summed E-state index contributed by atoms with van der Waals surface area (Å²) in [7, 11) is 0. The van der Waals surface area contributed by atoms with Gasteiger partial charge in [0.15, 0.2) is 0 Å². The molecule has 0 aliphatic carbocycles. The van der Waals surface area contributed by atoms with Gasteiger partial charge in [-0.1, -0.05) is 42.5 Å². The van der Waals surface area contributed by atoms with Gasteiger partial charge in [0.2, 0.25) is 5.91 Å². The summed E-state index contributed by atoms with van der Waals surface area (Å²) in [6, 6.07) is 12.4. The largest absolute Gasteiger partial charge is 0.480 e. The molecule has 0 saturated heterocycles. The first-order chi connectivity index (χ1) is 12.0. The van der Waals surface area contributed by atoms with Gasteiger partial charge in [-0.25, -0.2) is 4.79 Å². The van der Waals surface area contributed by atoms with Crippen molar-refractivity contribution in [1.82, 2.24) is 5.32 Å². The quantitative estimate of drug-likeness (QED) is 0.718. The lowest BCUT2D eigenvalue weighted by Crippen LogP contribution is -2.42. The van der Waals surface area contributed by atoms with Gasteiger partial charge in [0.25, 0.3) is 0 Å². The maximum absolute atomic E-state index is 11.9. The first kappa shape index (κ1) is 18.4. The van der Waals surface area contributed by atoms with Crippen LogP contribution in [0.25, 0.3) is 10.8 Å². The number of carboxylic acid groups (broad SMARTS) is 1. The molecule has 25 heavy (non-hydrogen) atoms. The SMILES string of the molecule is CCOC(=O)CCC(=O)N[C@H](Cc1ccc2ccccc2c1)C(=O)O. The molecule has 0 saturated carbocycles. The molecule has 0 bridgehead atoms. The summed E-state index contributed by atoms with van der Waals surface area (Å²) in [4.78, 5) is 34.6. The Hall–Kier alpha value is -2.89. The molecule has 0 spiro atoms. The number of carbonyl (C=O) groups is 3. The fraction of sp³-hybridized carbons (Fsp3) is 0.316. The van der Waals surface area contributed by atoms with Gasteiger partial charge in [0, 0.05) is 12.8 Å². The maximum Gasteiger partial charge on any atom is 0.326 e. The molecular formula is C19H21NO5. The summed E-state index contributed by atoms with van der Waals surface area (Å²) in [6.45, 7) is 1.93. The third-order valence-corrected chi connectivity index (χ3v) is 3.75. The van der Waals surface area contributed by atoms with E-state index < -0.39 is 23.9 Å². The zero-order chi connectivity index (χ0) is 18.2. The van der Waals surface area contributed by atoms with Crippen LogP contribution in [0.5, 0.6) is 0 Å². The fourth-order valence-electron chi connectivity index (χ4n) is 2.52. The highest BCUT2D eigenvalue weighted by Crippen LogP contribution is 2.16. The number of carboxylic acids is 1. The van der Waals surface area contributed by atoms with Crippen LogP contribution in [0.3, 0.4) is 0 Å². The summed E-state index contributed by atoms with van der Waals surface area (Å²) in [5.74, 6) is -2.07. The zero-order valence-electron chi connectivity index (χ0n) is 14.0. The number of rotatable bonds is 8. The number of hydrogen-bond donors (Lipinski definition) is 2. The van der Waals surface area contributed by atoms with E-state index in [-0.39, 0.29) is 25.9 Å². The van der Waals surface area contributed by atoms with Crippen molar-refractivity contribution in [3.63, 3.8) is 0 Å². The molecule has 2 rings (SSSR count). The van der Waals surface area contributed by atoms with E-state index >= 15 is 0 Å². The zero-order valence-corrected chi connectivity index (χ0v) is 14.0. The molecule has 0 aliphatic heterocycles. The lowest BCUT2D eigenvalue weighted by molar-refractivity contribution is -0.144. The summed E-state index contributed by atoms with van der Waals surface area (Å²) >= 11 is 0. The minimum atomic E-state index is -1.11. The predicted molar refractivity (Wildman–Crippen MR) is 93.1 cm³/mol. The molecule has 1 atom stereocenters. The Morgan fingerprint density at radius 2 is 1.80 bits per heavy atom. The van der Waals surface area contributed by atoms with E-state index in [1.807, 2.05) is 42.5 Å². The number of amides is 1. The Morgan fingerprint density at radius 3 is 2.48 bits per heavy atom. The van der Waals surface area contributed by atoms with E-state index in [1.165, 1.54) is 0 Å². The minimum absolute atomic E-state index is 0.0675. The Kier molecular flexibility index (Phi) is 6.51. The number of carbonyl (C=O) groups excluding carboxylic acids is 2. The number of benzene rings is 2. The van der Waals surface area contributed by atoms with Crippen LogP contribution in [-0.2, 0) is 25.5 Å². The maximum atomic E-state index is 11.9. The monoisotopic (exact) mass is 343 g/mol. The number of aliphatic carboxylic acids is 1. The molecule has 0 heterocycles. The standard InChI is InChI=1S/C19H21NO5/c1-2-25-18(22)10-9-17(21)20-16(19(23)24)12-13-7-8-14-5-3-4-6-15(14)11-13/h3-8,11,16H,2,9-10,12H2,1H3,(H,20,21)(H,23,24)/t16-/m1/s1. The minimum Gasteiger partial charge on any atom is -0.480 e. The molecule has 6 heteroatoms. The van der Waals surface area contributed by atoms with Gasteiger partial charge in [-0.15, -0.1) is 0 Å². The summed E-state index contributed by atoms with van der Waals surface area (Å²) in [5, 5.41) is 13.9. The molecule has 0 unspecified atom stereocenters. The Morgan fingerprint density at radius 1 is 1.08 bits per heavy atom. The predicted octanol–water partition coefficient (Wildman–Crippen LogP) is 2.29. The summed E-state index contributed by atoms with van der Waals surface area (Å²) in [5.41, 5.74) is 0.816. The normalized spacial score (nSPS) is 11.7. The average molecular weight is 343 g/mol. The van der Waals surface area contributed by atoms with Crippen molar-refractivity contribution >= 4 is 28.6 Å². The van der Waals surface area contributed by atoms with Crippen molar-refractivity contribution in [1.29, 1.82) is 0 Å². The van der Waals surface area contributed by atoms with Crippen molar-refractivity contribution in [2.45, 2.75) is 32.2 Å². The molecule has 2 aromatic carbocycles. The Balaban J connectivity index is 1.98. The van der Waals surface area contributed by atoms with Gasteiger partial charge in [0.05, 0.1) is 13.0 Å². The van der Waals surface area contributed by atoms with Crippen molar-refractivity contribution in [3.05, 3.63) is 48.0 Å². The van der Waals surface area contributed by atoms with Crippen LogP contribution in [0.1, 0.15) is 25.3 Å². The highest BCUT2D eigenvalue weighted by Gasteiger charge is 2.21. The summed E-state index contributed by atoms with van der Waals surface area (Å²) in [6.07, 6.45) is 0.00757. The first-order valence-electron chi connectivity index (χ1n) is 8.15. The number of hydrogen-bond acceptors (Lipinski definition) is 4. The lowest BCUT2D eigenvalue weighted by Gasteiger charge is -2.15. The molecule has 6 nitrogen and oxygen atoms in total. The van der Waals surface area contributed by atoms with Crippen LogP contribution in [0.15, 0.2) is 42.5 Å². The smallest absolute Gasteiger partial charge is 0.326 e. The highest BCUT2D eigenvalue weighted by atomic mass is 16.5. The Labute approximate surface area is 145 Å². The van der Waals surface area contributed by atoms with Crippen LogP contribution < -0.4 is 5.32 Å². The fourth-order valence-corrected chi connectivity index (χ4v) is 2.52. The number of ether oxygens (including phenoxy) is 1. The van der Waals surface area contributed by atoms with E-state index in [0.29, 0.717) is 0 Å². The second-order valence-corrected chi connectivity index (χ2v) is 5.65. The van der Waals surface area contributed by atoms with E-state index in [9.17, 15) is 19.5 Å². The van der Waals surface area contributed by atoms with E-state index in [4.69, 9.17) is 4.74 Å². The van der Waals surface area contributed by atoms with Crippen LogP contribution in [-0.4, -0.2) is 35.6 Å². The summed E-state index contributed by atoms with van der Waals surface area (Å²) < 4.78 is 4.75. The van der Waals surface area contributed by atoms with Gasteiger partial charge in [0.1, 0.15) is 6.04 Å². The number of fused-ring (bicyclic) bond motifs is 1. The van der Waals surface area contributed by atoms with Crippen molar-refractivity contribution in [2.75, 3.05) is 6.61 Å². The molecule has 2 aromatic rings. The molecule has 0 fully saturated rings. The molecule has 0 radical (unpaired) electrons. The molecule has 132 valence electrons. The van der Waals surface area contributed by atoms with E-state index in [0.717, 1.165) is 16.3 Å². The average Bonchev–Trinajstić information content (AvgIpc) is 2.59. The van der Waals surface area contributed by atoms with Crippen LogP contribution in [0.4, 0.5) is 0 Å². The van der Waals surface area contributed by atoms with Crippen LogP contribution in [0, 0.1) is 0 Å². The molecular weight excluding hydrogens is 322 g/mol. The number of nitrogens with one attached hydrogen (secondary N) is 1.